The van der Waals surface area contributed by atoms with Gasteiger partial charge in [-0.2, -0.15) is 4.98 Å². The smallest absolute Gasteiger partial charge is 0.332 e. The van der Waals surface area contributed by atoms with Crippen LogP contribution in [-0.4, -0.2) is 37.8 Å². The molecule has 1 atom stereocenters. The molecule has 3 heterocycles. The number of hydrogen-bond acceptors (Lipinski definition) is 5. The lowest BCUT2D eigenvalue weighted by atomic mass is 10.1. The van der Waals surface area contributed by atoms with Gasteiger partial charge in [0.15, 0.2) is 11.2 Å². The van der Waals surface area contributed by atoms with Crippen molar-refractivity contribution in [2.45, 2.75) is 51.1 Å². The molecular weight excluding hydrogens is 344 g/mol. The number of aromatic nitrogens is 4. The van der Waals surface area contributed by atoms with Crippen molar-refractivity contribution in [1.82, 2.24) is 18.7 Å². The van der Waals surface area contributed by atoms with Gasteiger partial charge in [-0.05, 0) is 38.5 Å². The van der Waals surface area contributed by atoms with E-state index in [2.05, 4.69) is 11.0 Å². The molecule has 0 spiro atoms. The zero-order chi connectivity index (χ0) is 19.1. The van der Waals surface area contributed by atoms with Gasteiger partial charge in [-0.25, -0.2) is 4.79 Å². The Bertz CT molecular complexity index is 1010. The summed E-state index contributed by atoms with van der Waals surface area (Å²) in [6, 6.07) is 0.108. The second-order valence-electron chi connectivity index (χ2n) is 7.79. The van der Waals surface area contributed by atoms with Crippen LogP contribution in [-0.2, 0) is 20.6 Å². The van der Waals surface area contributed by atoms with Crippen molar-refractivity contribution < 1.29 is 0 Å². The molecule has 8 heteroatoms. The van der Waals surface area contributed by atoms with Gasteiger partial charge >= 0.3 is 5.69 Å². The predicted molar refractivity (Wildman–Crippen MR) is 106 cm³/mol. The van der Waals surface area contributed by atoms with Crippen LogP contribution in [0.5, 0.6) is 0 Å². The number of fused-ring (bicyclic) bond motifs is 1. The maximum absolute atomic E-state index is 12.9. The van der Waals surface area contributed by atoms with Gasteiger partial charge in [-0.3, -0.25) is 13.9 Å². The predicted octanol–water partition coefficient (Wildman–Crippen LogP) is 0.862. The van der Waals surface area contributed by atoms with Crippen LogP contribution in [0.25, 0.3) is 11.2 Å². The molecule has 0 radical (unpaired) electrons. The molecule has 0 aromatic carbocycles. The van der Waals surface area contributed by atoms with Gasteiger partial charge in [0, 0.05) is 39.8 Å². The van der Waals surface area contributed by atoms with Crippen molar-refractivity contribution in [3.63, 3.8) is 0 Å². The molecule has 0 bridgehead atoms. The molecule has 1 unspecified atom stereocenters. The SMILES string of the molecule is Cn1c(=O)c2c(nc(N3CCCC(N)C3)n2CCC2=CCCC2)n(C)c1=O. The quantitative estimate of drug-likeness (QED) is 0.804. The minimum Gasteiger partial charge on any atom is -0.341 e. The van der Waals surface area contributed by atoms with Gasteiger partial charge in [0.2, 0.25) is 5.95 Å². The highest BCUT2D eigenvalue weighted by Gasteiger charge is 2.25. The van der Waals surface area contributed by atoms with Gasteiger partial charge in [0.1, 0.15) is 0 Å². The molecule has 2 N–H and O–H groups in total. The van der Waals surface area contributed by atoms with E-state index in [1.165, 1.54) is 28.2 Å². The highest BCUT2D eigenvalue weighted by atomic mass is 16.2. The van der Waals surface area contributed by atoms with E-state index in [0.29, 0.717) is 17.7 Å². The van der Waals surface area contributed by atoms with Gasteiger partial charge < -0.3 is 15.2 Å². The Morgan fingerprint density at radius 3 is 2.74 bits per heavy atom. The van der Waals surface area contributed by atoms with Crippen LogP contribution in [0.2, 0.25) is 0 Å². The van der Waals surface area contributed by atoms with Crippen molar-refractivity contribution in [3.8, 4) is 0 Å². The number of allylic oxidation sites excluding steroid dienone is 2. The van der Waals surface area contributed by atoms with Gasteiger partial charge in [-0.15, -0.1) is 0 Å². The number of imidazole rings is 1. The van der Waals surface area contributed by atoms with Crippen LogP contribution in [0, 0.1) is 0 Å². The molecule has 2 aromatic heterocycles. The summed E-state index contributed by atoms with van der Waals surface area (Å²) in [5.41, 5.74) is 7.95. The first-order valence-electron chi connectivity index (χ1n) is 9.82. The molecule has 2 aromatic rings. The zero-order valence-corrected chi connectivity index (χ0v) is 16.1. The van der Waals surface area contributed by atoms with Crippen molar-refractivity contribution in [1.29, 1.82) is 0 Å². The summed E-state index contributed by atoms with van der Waals surface area (Å²) in [6.07, 6.45) is 8.71. The minimum absolute atomic E-state index is 0.108. The lowest BCUT2D eigenvalue weighted by Crippen LogP contribution is -2.44. The monoisotopic (exact) mass is 372 g/mol. The topological polar surface area (TPSA) is 91.1 Å². The number of anilines is 1. The highest BCUT2D eigenvalue weighted by Crippen LogP contribution is 2.26. The summed E-state index contributed by atoms with van der Waals surface area (Å²) in [7, 11) is 3.20. The molecule has 1 aliphatic heterocycles. The molecule has 2 aliphatic rings. The molecule has 1 saturated heterocycles. The summed E-state index contributed by atoms with van der Waals surface area (Å²) >= 11 is 0. The molecule has 1 aliphatic carbocycles. The van der Waals surface area contributed by atoms with Crippen molar-refractivity contribution in [3.05, 3.63) is 32.5 Å². The summed E-state index contributed by atoms with van der Waals surface area (Å²) in [6.45, 7) is 2.28. The molecular formula is C19H28N6O2. The van der Waals surface area contributed by atoms with E-state index >= 15 is 0 Å². The van der Waals surface area contributed by atoms with Gasteiger partial charge in [-0.1, -0.05) is 11.6 Å². The first-order valence-corrected chi connectivity index (χ1v) is 9.82. The number of nitrogens with two attached hydrogens (primary N) is 1. The second-order valence-corrected chi connectivity index (χ2v) is 7.79. The van der Waals surface area contributed by atoms with Crippen molar-refractivity contribution in [2.24, 2.45) is 19.8 Å². The maximum atomic E-state index is 12.9. The molecule has 4 rings (SSSR count). The summed E-state index contributed by atoms with van der Waals surface area (Å²) in [5.74, 6) is 0.761. The van der Waals surface area contributed by atoms with E-state index in [9.17, 15) is 9.59 Å². The number of nitrogens with zero attached hydrogens (tertiary/aromatic N) is 5. The Kier molecular flexibility index (Phi) is 4.67. The van der Waals surface area contributed by atoms with Crippen LogP contribution in [0.3, 0.4) is 0 Å². The van der Waals surface area contributed by atoms with E-state index in [1.807, 2.05) is 4.57 Å². The number of aryl methyl sites for hydroxylation is 2. The molecule has 146 valence electrons. The van der Waals surface area contributed by atoms with E-state index in [1.54, 1.807) is 7.05 Å². The van der Waals surface area contributed by atoms with E-state index in [0.717, 1.165) is 51.1 Å². The Morgan fingerprint density at radius 1 is 1.22 bits per heavy atom. The van der Waals surface area contributed by atoms with E-state index in [-0.39, 0.29) is 17.3 Å². The fourth-order valence-electron chi connectivity index (χ4n) is 4.30. The molecule has 8 nitrogen and oxygen atoms in total. The molecule has 1 fully saturated rings. The third-order valence-electron chi connectivity index (χ3n) is 5.86. The normalized spacial score (nSPS) is 20.5. The third-order valence-corrected chi connectivity index (χ3v) is 5.86. The van der Waals surface area contributed by atoms with Crippen LogP contribution in [0.4, 0.5) is 5.95 Å². The average molecular weight is 372 g/mol. The van der Waals surface area contributed by atoms with Crippen molar-refractivity contribution in [2.75, 3.05) is 18.0 Å². The fourth-order valence-corrected chi connectivity index (χ4v) is 4.30. The maximum Gasteiger partial charge on any atom is 0.332 e. The van der Waals surface area contributed by atoms with Crippen LogP contribution in [0.1, 0.15) is 38.5 Å². The molecule has 27 heavy (non-hydrogen) atoms. The summed E-state index contributed by atoms with van der Waals surface area (Å²) < 4.78 is 4.64. The average Bonchev–Trinajstić information content (AvgIpc) is 3.30. The Morgan fingerprint density at radius 2 is 2.04 bits per heavy atom. The van der Waals surface area contributed by atoms with Gasteiger partial charge in [0.25, 0.3) is 5.56 Å². The summed E-state index contributed by atoms with van der Waals surface area (Å²) in [4.78, 5) is 32.2. The minimum atomic E-state index is -0.349. The lowest BCUT2D eigenvalue weighted by Gasteiger charge is -2.31. The number of hydrogen-bond donors (Lipinski definition) is 1. The molecule has 0 amide bonds. The van der Waals surface area contributed by atoms with E-state index < -0.39 is 0 Å². The van der Waals surface area contributed by atoms with Crippen LogP contribution in [0.15, 0.2) is 21.2 Å². The van der Waals surface area contributed by atoms with Crippen molar-refractivity contribution >= 4 is 17.1 Å². The zero-order valence-electron chi connectivity index (χ0n) is 16.1. The number of rotatable bonds is 4. The van der Waals surface area contributed by atoms with E-state index in [4.69, 9.17) is 10.7 Å². The van der Waals surface area contributed by atoms with Crippen LogP contribution < -0.4 is 21.9 Å². The first-order chi connectivity index (χ1) is 13.0. The number of piperidine rings is 1. The standard InChI is InChI=1S/C19H28N6O2/c1-22-16-15(17(26)23(2)19(22)27)25(11-9-13-6-3-4-7-13)18(21-16)24-10-5-8-14(20)12-24/h6,14H,3-5,7-12,20H2,1-2H3. The molecule has 0 saturated carbocycles. The fraction of sp³-hybridized carbons (Fsp3) is 0.632. The van der Waals surface area contributed by atoms with Gasteiger partial charge in [0.05, 0.1) is 0 Å². The summed E-state index contributed by atoms with van der Waals surface area (Å²) in [5, 5.41) is 0. The Labute approximate surface area is 157 Å². The third kappa shape index (κ3) is 3.12. The second kappa shape index (κ2) is 6.99. The Balaban J connectivity index is 1.85. The highest BCUT2D eigenvalue weighted by molar-refractivity contribution is 5.74. The lowest BCUT2D eigenvalue weighted by molar-refractivity contribution is 0.493. The Hall–Kier alpha value is -2.35. The van der Waals surface area contributed by atoms with Crippen LogP contribution >= 0.6 is 0 Å². The first kappa shape index (κ1) is 18.0. The largest absolute Gasteiger partial charge is 0.341 e.